The highest BCUT2D eigenvalue weighted by Crippen LogP contribution is 2.02. The predicted molar refractivity (Wildman–Crippen MR) is 46.8 cm³/mol. The number of allylic oxidation sites excluding steroid dienone is 2. The molecule has 0 N–H and O–H groups in total. The zero-order valence-corrected chi connectivity index (χ0v) is 6.95. The van der Waals surface area contributed by atoms with Crippen LogP contribution in [-0.4, -0.2) is 18.4 Å². The van der Waals surface area contributed by atoms with Crippen molar-refractivity contribution in [1.29, 1.82) is 0 Å². The summed E-state index contributed by atoms with van der Waals surface area (Å²) in [6.07, 6.45) is 7.72. The summed E-state index contributed by atoms with van der Waals surface area (Å²) in [5.41, 5.74) is 1.07. The number of dihydropyridines is 1. The first kappa shape index (κ1) is 8.05. The highest BCUT2D eigenvalue weighted by atomic mass is 16.5. The van der Waals surface area contributed by atoms with Gasteiger partial charge in [0.25, 0.3) is 0 Å². The first-order valence-corrected chi connectivity index (χ1v) is 3.79. The second kappa shape index (κ2) is 3.96. The maximum absolute atomic E-state index is 5.31. The van der Waals surface area contributed by atoms with Crippen LogP contribution in [-0.2, 0) is 4.74 Å². The van der Waals surface area contributed by atoms with Gasteiger partial charge in [-0.25, -0.2) is 0 Å². The average molecular weight is 151 g/mol. The van der Waals surface area contributed by atoms with Gasteiger partial charge in [-0.2, -0.15) is 0 Å². The van der Waals surface area contributed by atoms with Crippen molar-refractivity contribution in [2.75, 3.05) is 6.54 Å². The summed E-state index contributed by atoms with van der Waals surface area (Å²) in [5, 5.41) is 0. The minimum Gasteiger partial charge on any atom is -0.492 e. The lowest BCUT2D eigenvalue weighted by Gasteiger charge is -2.13. The van der Waals surface area contributed by atoms with E-state index in [9.17, 15) is 0 Å². The third kappa shape index (κ3) is 2.58. The van der Waals surface area contributed by atoms with Crippen LogP contribution in [0.15, 0.2) is 29.5 Å². The van der Waals surface area contributed by atoms with E-state index < -0.39 is 0 Å². The van der Waals surface area contributed by atoms with Crippen molar-refractivity contribution in [3.63, 3.8) is 0 Å². The van der Waals surface area contributed by atoms with Crippen LogP contribution in [0.1, 0.15) is 13.8 Å². The standard InChI is InChI=1S/C9H13NO/c1-3-6-11-9-5-4-8(2)10-7-9/h3-6,9H,7H2,1-2H3/b6-3-. The Bertz CT molecular complexity index is 202. The van der Waals surface area contributed by atoms with Crippen molar-refractivity contribution in [2.45, 2.75) is 20.0 Å². The molecule has 1 heterocycles. The Balaban J connectivity index is 2.37. The van der Waals surface area contributed by atoms with Crippen LogP contribution in [0.25, 0.3) is 0 Å². The van der Waals surface area contributed by atoms with Gasteiger partial charge in [0.05, 0.1) is 12.8 Å². The van der Waals surface area contributed by atoms with Crippen molar-refractivity contribution in [3.05, 3.63) is 24.5 Å². The van der Waals surface area contributed by atoms with Crippen LogP contribution in [0.4, 0.5) is 0 Å². The molecule has 0 amide bonds. The van der Waals surface area contributed by atoms with Gasteiger partial charge in [-0.3, -0.25) is 4.99 Å². The Kier molecular flexibility index (Phi) is 2.90. The van der Waals surface area contributed by atoms with Gasteiger partial charge >= 0.3 is 0 Å². The smallest absolute Gasteiger partial charge is 0.136 e. The maximum Gasteiger partial charge on any atom is 0.136 e. The van der Waals surface area contributed by atoms with Crippen molar-refractivity contribution >= 4 is 5.71 Å². The zero-order chi connectivity index (χ0) is 8.10. The van der Waals surface area contributed by atoms with Crippen LogP contribution in [0.5, 0.6) is 0 Å². The zero-order valence-electron chi connectivity index (χ0n) is 6.95. The minimum absolute atomic E-state index is 0.134. The molecule has 1 aliphatic heterocycles. The lowest BCUT2D eigenvalue weighted by molar-refractivity contribution is 0.193. The van der Waals surface area contributed by atoms with Crippen LogP contribution in [0.3, 0.4) is 0 Å². The highest BCUT2D eigenvalue weighted by Gasteiger charge is 2.05. The molecule has 1 rings (SSSR count). The molecule has 0 bridgehead atoms. The van der Waals surface area contributed by atoms with Gasteiger partial charge in [0.1, 0.15) is 6.10 Å². The first-order chi connectivity index (χ1) is 5.33. The van der Waals surface area contributed by atoms with Crippen molar-refractivity contribution in [3.8, 4) is 0 Å². The first-order valence-electron chi connectivity index (χ1n) is 3.79. The van der Waals surface area contributed by atoms with E-state index in [0.29, 0.717) is 0 Å². The summed E-state index contributed by atoms with van der Waals surface area (Å²) in [5.74, 6) is 0. The van der Waals surface area contributed by atoms with Gasteiger partial charge < -0.3 is 4.74 Å². The number of aliphatic imine (C=N–C) groups is 1. The lowest BCUT2D eigenvalue weighted by atomic mass is 10.2. The van der Waals surface area contributed by atoms with E-state index in [1.807, 2.05) is 32.1 Å². The van der Waals surface area contributed by atoms with E-state index in [1.54, 1.807) is 6.26 Å². The predicted octanol–water partition coefficient (Wildman–Crippen LogP) is 1.94. The summed E-state index contributed by atoms with van der Waals surface area (Å²) >= 11 is 0. The Labute approximate surface area is 67.3 Å². The van der Waals surface area contributed by atoms with Crippen molar-refractivity contribution < 1.29 is 4.74 Å². The van der Waals surface area contributed by atoms with Gasteiger partial charge in [0.15, 0.2) is 0 Å². The van der Waals surface area contributed by atoms with Gasteiger partial charge in [-0.15, -0.1) is 0 Å². The van der Waals surface area contributed by atoms with E-state index in [4.69, 9.17) is 4.74 Å². The average Bonchev–Trinajstić information content (AvgIpc) is 2.04. The van der Waals surface area contributed by atoms with E-state index in [2.05, 4.69) is 4.99 Å². The summed E-state index contributed by atoms with van der Waals surface area (Å²) in [4.78, 5) is 4.24. The fourth-order valence-electron chi connectivity index (χ4n) is 0.862. The summed E-state index contributed by atoms with van der Waals surface area (Å²) < 4.78 is 5.31. The molecule has 0 saturated carbocycles. The lowest BCUT2D eigenvalue weighted by Crippen LogP contribution is -2.15. The van der Waals surface area contributed by atoms with Gasteiger partial charge in [0, 0.05) is 5.71 Å². The molecular formula is C9H13NO. The molecule has 1 unspecified atom stereocenters. The van der Waals surface area contributed by atoms with Gasteiger partial charge in [-0.1, -0.05) is 6.08 Å². The molecule has 0 aromatic carbocycles. The SMILES string of the molecule is C/C=C\OC1C=CC(C)=NC1. The Hall–Kier alpha value is -1.05. The number of ether oxygens (including phenoxy) is 1. The van der Waals surface area contributed by atoms with E-state index in [-0.39, 0.29) is 6.10 Å². The molecule has 0 saturated heterocycles. The molecule has 11 heavy (non-hydrogen) atoms. The van der Waals surface area contributed by atoms with E-state index in [1.165, 1.54) is 0 Å². The maximum atomic E-state index is 5.31. The Morgan fingerprint density at radius 1 is 1.73 bits per heavy atom. The van der Waals surface area contributed by atoms with Crippen LogP contribution in [0, 0.1) is 0 Å². The van der Waals surface area contributed by atoms with Crippen LogP contribution < -0.4 is 0 Å². The summed E-state index contributed by atoms with van der Waals surface area (Å²) in [6.45, 7) is 4.66. The highest BCUT2D eigenvalue weighted by molar-refractivity contribution is 5.93. The minimum atomic E-state index is 0.134. The molecule has 0 radical (unpaired) electrons. The quantitative estimate of drug-likeness (QED) is 0.553. The topological polar surface area (TPSA) is 21.6 Å². The molecule has 0 spiro atoms. The van der Waals surface area contributed by atoms with Gasteiger partial charge in [-0.05, 0) is 26.0 Å². The third-order valence-corrected chi connectivity index (χ3v) is 1.46. The third-order valence-electron chi connectivity index (χ3n) is 1.46. The molecule has 0 aromatic heterocycles. The summed E-state index contributed by atoms with van der Waals surface area (Å²) in [6, 6.07) is 0. The fourth-order valence-corrected chi connectivity index (χ4v) is 0.862. The van der Waals surface area contributed by atoms with Crippen molar-refractivity contribution in [1.82, 2.24) is 0 Å². The molecule has 2 nitrogen and oxygen atoms in total. The molecule has 0 aliphatic carbocycles. The second-order valence-electron chi connectivity index (χ2n) is 2.49. The summed E-state index contributed by atoms with van der Waals surface area (Å²) in [7, 11) is 0. The molecule has 0 fully saturated rings. The molecule has 1 atom stereocenters. The van der Waals surface area contributed by atoms with E-state index in [0.717, 1.165) is 12.3 Å². The van der Waals surface area contributed by atoms with Crippen molar-refractivity contribution in [2.24, 2.45) is 4.99 Å². The largest absolute Gasteiger partial charge is 0.492 e. The number of rotatable bonds is 2. The molecule has 1 aliphatic rings. The molecule has 60 valence electrons. The van der Waals surface area contributed by atoms with E-state index >= 15 is 0 Å². The molecular weight excluding hydrogens is 138 g/mol. The second-order valence-corrected chi connectivity index (χ2v) is 2.49. The molecule has 2 heteroatoms. The monoisotopic (exact) mass is 151 g/mol. The van der Waals surface area contributed by atoms with Crippen LogP contribution in [0.2, 0.25) is 0 Å². The number of nitrogens with zero attached hydrogens (tertiary/aromatic N) is 1. The van der Waals surface area contributed by atoms with Crippen LogP contribution >= 0.6 is 0 Å². The number of hydrogen-bond acceptors (Lipinski definition) is 2. The Morgan fingerprint density at radius 2 is 2.55 bits per heavy atom. The normalized spacial score (nSPS) is 23.8. The Morgan fingerprint density at radius 3 is 3.09 bits per heavy atom. The molecule has 0 aromatic rings. The number of hydrogen-bond donors (Lipinski definition) is 0. The fraction of sp³-hybridized carbons (Fsp3) is 0.444. The van der Waals surface area contributed by atoms with Gasteiger partial charge in [0.2, 0.25) is 0 Å².